The standard InChI is InChI=1S/C25H31N3O6/c1-19(28(32)33)24(30)22(16-15-20-10-4-2-5-11-20)27-23(29)14-8-9-17-26-25(31)34-18-21-12-6-3-7-13-21/h2-7,10-13,19,22H,8-9,14-18H2,1H3,(H,26,31)(H,27,29)/t19?,22-/m0/s1. The number of carbonyl (C=O) groups excluding carboxylic acids is 3. The molecule has 34 heavy (non-hydrogen) atoms. The van der Waals surface area contributed by atoms with Gasteiger partial charge in [-0.15, -0.1) is 0 Å². The van der Waals surface area contributed by atoms with Crippen LogP contribution in [0.4, 0.5) is 4.79 Å². The third-order valence-electron chi connectivity index (χ3n) is 5.28. The molecule has 0 radical (unpaired) electrons. The number of hydrogen-bond acceptors (Lipinski definition) is 6. The number of amides is 2. The molecule has 0 spiro atoms. The van der Waals surface area contributed by atoms with Crippen LogP contribution in [0.2, 0.25) is 0 Å². The SMILES string of the molecule is CC(C(=O)[C@H](CCc1ccccc1)NC(=O)CCCCNC(=O)OCc1ccccc1)[N+](=O)[O-]. The van der Waals surface area contributed by atoms with Gasteiger partial charge in [0.25, 0.3) is 6.04 Å². The molecule has 0 aromatic heterocycles. The van der Waals surface area contributed by atoms with Gasteiger partial charge in [-0.25, -0.2) is 4.79 Å². The third-order valence-corrected chi connectivity index (χ3v) is 5.28. The Morgan fingerprint density at radius 2 is 1.59 bits per heavy atom. The second-order valence-electron chi connectivity index (χ2n) is 7.95. The highest BCUT2D eigenvalue weighted by atomic mass is 16.6. The number of rotatable bonds is 14. The molecule has 2 rings (SSSR count). The van der Waals surface area contributed by atoms with E-state index in [1.165, 1.54) is 6.92 Å². The van der Waals surface area contributed by atoms with Crippen molar-refractivity contribution in [2.45, 2.75) is 57.7 Å². The van der Waals surface area contributed by atoms with Gasteiger partial charge in [0, 0.05) is 24.8 Å². The number of ether oxygens (including phenoxy) is 1. The van der Waals surface area contributed by atoms with Crippen molar-refractivity contribution in [1.82, 2.24) is 10.6 Å². The predicted molar refractivity (Wildman–Crippen MR) is 127 cm³/mol. The highest BCUT2D eigenvalue weighted by Gasteiger charge is 2.32. The topological polar surface area (TPSA) is 128 Å². The lowest BCUT2D eigenvalue weighted by atomic mass is 9.98. The first-order chi connectivity index (χ1) is 16.4. The average Bonchev–Trinajstić information content (AvgIpc) is 2.85. The van der Waals surface area contributed by atoms with Gasteiger partial charge in [-0.05, 0) is 36.8 Å². The number of nitro groups is 1. The van der Waals surface area contributed by atoms with Crippen molar-refractivity contribution in [2.24, 2.45) is 0 Å². The minimum absolute atomic E-state index is 0.142. The van der Waals surface area contributed by atoms with Crippen molar-refractivity contribution in [3.05, 3.63) is 81.9 Å². The van der Waals surface area contributed by atoms with E-state index in [0.717, 1.165) is 11.1 Å². The molecule has 0 saturated carbocycles. The molecule has 2 N–H and O–H groups in total. The second kappa shape index (κ2) is 14.4. The van der Waals surface area contributed by atoms with Gasteiger partial charge in [0.1, 0.15) is 6.61 Å². The Bertz CT molecular complexity index is 936. The first-order valence-corrected chi connectivity index (χ1v) is 11.3. The van der Waals surface area contributed by atoms with E-state index in [-0.39, 0.29) is 25.4 Å². The molecule has 9 heteroatoms. The van der Waals surface area contributed by atoms with E-state index in [4.69, 9.17) is 4.74 Å². The molecule has 0 fully saturated rings. The second-order valence-corrected chi connectivity index (χ2v) is 7.95. The van der Waals surface area contributed by atoms with Crippen molar-refractivity contribution >= 4 is 17.8 Å². The van der Waals surface area contributed by atoms with Crippen LogP contribution in [0.5, 0.6) is 0 Å². The lowest BCUT2D eigenvalue weighted by Crippen LogP contribution is -2.47. The number of aryl methyl sites for hydroxylation is 1. The fourth-order valence-corrected chi connectivity index (χ4v) is 3.28. The Morgan fingerprint density at radius 1 is 0.971 bits per heavy atom. The molecule has 182 valence electrons. The maximum absolute atomic E-state index is 12.5. The van der Waals surface area contributed by atoms with Crippen LogP contribution in [0.1, 0.15) is 43.7 Å². The third kappa shape index (κ3) is 9.81. The van der Waals surface area contributed by atoms with E-state index in [1.54, 1.807) is 0 Å². The Morgan fingerprint density at radius 3 is 2.21 bits per heavy atom. The summed E-state index contributed by atoms with van der Waals surface area (Å²) in [5.74, 6) is -0.967. The van der Waals surface area contributed by atoms with Gasteiger partial charge in [0.2, 0.25) is 11.7 Å². The van der Waals surface area contributed by atoms with Crippen LogP contribution >= 0.6 is 0 Å². The summed E-state index contributed by atoms with van der Waals surface area (Å²) in [7, 11) is 0. The molecule has 0 aliphatic carbocycles. The molecule has 0 aliphatic heterocycles. The van der Waals surface area contributed by atoms with Crippen LogP contribution in [-0.2, 0) is 27.4 Å². The lowest BCUT2D eigenvalue weighted by Gasteiger charge is -2.18. The first kappa shape index (κ1) is 26.5. The Labute approximate surface area is 199 Å². The summed E-state index contributed by atoms with van der Waals surface area (Å²) in [4.78, 5) is 47.1. The minimum atomic E-state index is -1.40. The van der Waals surface area contributed by atoms with Crippen LogP contribution in [0.25, 0.3) is 0 Å². The van der Waals surface area contributed by atoms with Crippen molar-refractivity contribution in [3.8, 4) is 0 Å². The van der Waals surface area contributed by atoms with Crippen molar-refractivity contribution < 1.29 is 24.0 Å². The van der Waals surface area contributed by atoms with E-state index in [0.29, 0.717) is 25.8 Å². The maximum Gasteiger partial charge on any atom is 0.407 e. The van der Waals surface area contributed by atoms with Gasteiger partial charge in [0.15, 0.2) is 0 Å². The zero-order valence-corrected chi connectivity index (χ0v) is 19.3. The van der Waals surface area contributed by atoms with Crippen LogP contribution in [0.3, 0.4) is 0 Å². The smallest absolute Gasteiger partial charge is 0.407 e. The molecular formula is C25H31N3O6. The number of nitrogens with one attached hydrogen (secondary N) is 2. The van der Waals surface area contributed by atoms with Gasteiger partial charge in [-0.1, -0.05) is 60.7 Å². The molecule has 9 nitrogen and oxygen atoms in total. The zero-order valence-electron chi connectivity index (χ0n) is 19.3. The summed E-state index contributed by atoms with van der Waals surface area (Å²) in [5, 5.41) is 16.3. The highest BCUT2D eigenvalue weighted by Crippen LogP contribution is 2.09. The van der Waals surface area contributed by atoms with Crippen molar-refractivity contribution in [2.75, 3.05) is 6.54 Å². The van der Waals surface area contributed by atoms with Gasteiger partial charge >= 0.3 is 6.09 Å². The zero-order chi connectivity index (χ0) is 24.8. The van der Waals surface area contributed by atoms with E-state index in [2.05, 4.69) is 10.6 Å². The molecule has 2 aromatic carbocycles. The molecule has 0 aliphatic rings. The van der Waals surface area contributed by atoms with E-state index in [1.807, 2.05) is 60.7 Å². The van der Waals surface area contributed by atoms with Gasteiger partial charge in [-0.3, -0.25) is 19.7 Å². The quantitative estimate of drug-likeness (QED) is 0.248. The summed E-state index contributed by atoms with van der Waals surface area (Å²) in [6, 6.07) is 16.4. The highest BCUT2D eigenvalue weighted by molar-refractivity contribution is 5.91. The molecular weight excluding hydrogens is 438 g/mol. The summed E-state index contributed by atoms with van der Waals surface area (Å²) in [5.41, 5.74) is 1.87. The van der Waals surface area contributed by atoms with Crippen molar-refractivity contribution in [1.29, 1.82) is 0 Å². The number of unbranched alkanes of at least 4 members (excludes halogenated alkanes) is 1. The van der Waals surface area contributed by atoms with Crippen LogP contribution in [0, 0.1) is 10.1 Å². The molecule has 1 unspecified atom stereocenters. The normalized spacial score (nSPS) is 12.3. The Balaban J connectivity index is 1.72. The Hall–Kier alpha value is -3.75. The number of nitrogens with zero attached hydrogens (tertiary/aromatic N) is 1. The molecule has 2 amide bonds. The number of alkyl carbamates (subject to hydrolysis) is 1. The molecule has 0 heterocycles. The minimum Gasteiger partial charge on any atom is -0.445 e. The number of benzene rings is 2. The van der Waals surface area contributed by atoms with Crippen molar-refractivity contribution in [3.63, 3.8) is 0 Å². The molecule has 2 atom stereocenters. The number of ketones is 1. The molecule has 0 bridgehead atoms. The summed E-state index contributed by atoms with van der Waals surface area (Å²) in [6.45, 7) is 1.75. The van der Waals surface area contributed by atoms with E-state index in [9.17, 15) is 24.5 Å². The largest absolute Gasteiger partial charge is 0.445 e. The lowest BCUT2D eigenvalue weighted by molar-refractivity contribution is -0.503. The molecule has 2 aromatic rings. The van der Waals surface area contributed by atoms with Crippen LogP contribution < -0.4 is 10.6 Å². The summed E-state index contributed by atoms with van der Waals surface area (Å²) >= 11 is 0. The number of hydrogen-bond donors (Lipinski definition) is 2. The van der Waals surface area contributed by atoms with Crippen LogP contribution in [0.15, 0.2) is 60.7 Å². The number of Topliss-reactive ketones (excluding diaryl/α,β-unsaturated/α-hetero) is 1. The average molecular weight is 470 g/mol. The summed E-state index contributed by atoms with van der Waals surface area (Å²) < 4.78 is 5.12. The summed E-state index contributed by atoms with van der Waals surface area (Å²) in [6.07, 6.45) is 1.42. The monoisotopic (exact) mass is 469 g/mol. The predicted octanol–water partition coefficient (Wildman–Crippen LogP) is 3.44. The van der Waals surface area contributed by atoms with Crippen LogP contribution in [-0.4, -0.2) is 41.3 Å². The molecule has 0 saturated heterocycles. The van der Waals surface area contributed by atoms with Gasteiger partial charge < -0.3 is 15.4 Å². The maximum atomic E-state index is 12.5. The van der Waals surface area contributed by atoms with Gasteiger partial charge in [-0.2, -0.15) is 0 Å². The Kier molecular flexibility index (Phi) is 11.2. The van der Waals surface area contributed by atoms with E-state index >= 15 is 0 Å². The fourth-order valence-electron chi connectivity index (χ4n) is 3.28. The number of carbonyl (C=O) groups is 3. The van der Waals surface area contributed by atoms with E-state index < -0.39 is 28.9 Å². The first-order valence-electron chi connectivity index (χ1n) is 11.3. The van der Waals surface area contributed by atoms with Gasteiger partial charge in [0.05, 0.1) is 6.04 Å². The fraction of sp³-hybridized carbons (Fsp3) is 0.400.